The Hall–Kier alpha value is -1.09. The van der Waals surface area contributed by atoms with Crippen LogP contribution in [0, 0.1) is 0 Å². The molecule has 14 heavy (non-hydrogen) atoms. The van der Waals surface area contributed by atoms with Crippen molar-refractivity contribution in [3.05, 3.63) is 24.5 Å². The highest BCUT2D eigenvalue weighted by atomic mass is 15.3. The summed E-state index contributed by atoms with van der Waals surface area (Å²) in [5.41, 5.74) is 1.24. The van der Waals surface area contributed by atoms with Crippen LogP contribution in [0.2, 0.25) is 0 Å². The average Bonchev–Trinajstić information content (AvgIpc) is 2.19. The first-order valence-electron chi connectivity index (χ1n) is 5.12. The minimum absolute atomic E-state index is 0.581. The van der Waals surface area contributed by atoms with Gasteiger partial charge >= 0.3 is 0 Å². The van der Waals surface area contributed by atoms with Crippen molar-refractivity contribution in [2.45, 2.75) is 13.0 Å². The van der Waals surface area contributed by atoms with Crippen LogP contribution in [0.5, 0.6) is 0 Å². The fourth-order valence-electron chi connectivity index (χ4n) is 2.05. The van der Waals surface area contributed by atoms with Crippen molar-refractivity contribution in [3.63, 3.8) is 0 Å². The molecule has 0 bridgehead atoms. The van der Waals surface area contributed by atoms with Crippen molar-refractivity contribution in [3.8, 4) is 0 Å². The van der Waals surface area contributed by atoms with Crippen LogP contribution in [0.3, 0.4) is 0 Å². The molecule has 1 aliphatic heterocycles. The van der Waals surface area contributed by atoms with Crippen LogP contribution >= 0.6 is 0 Å². The van der Waals surface area contributed by atoms with Gasteiger partial charge in [0.05, 0.1) is 11.9 Å². The summed E-state index contributed by atoms with van der Waals surface area (Å²) < 4.78 is 0. The van der Waals surface area contributed by atoms with Gasteiger partial charge in [-0.2, -0.15) is 0 Å². The molecule has 1 aromatic rings. The fraction of sp³-hybridized carbons (Fsp3) is 0.545. The van der Waals surface area contributed by atoms with Gasteiger partial charge in [0.1, 0.15) is 0 Å². The van der Waals surface area contributed by atoms with E-state index in [2.05, 4.69) is 34.8 Å². The van der Waals surface area contributed by atoms with Gasteiger partial charge in [0.2, 0.25) is 0 Å². The van der Waals surface area contributed by atoms with E-state index in [1.807, 2.05) is 18.5 Å². The topological polar surface area (TPSA) is 19.4 Å². The molecule has 2 heterocycles. The van der Waals surface area contributed by atoms with Crippen molar-refractivity contribution in [2.24, 2.45) is 0 Å². The second-order valence-corrected chi connectivity index (χ2v) is 4.02. The highest BCUT2D eigenvalue weighted by Gasteiger charge is 2.21. The maximum Gasteiger partial charge on any atom is 0.0556 e. The first-order valence-corrected chi connectivity index (χ1v) is 5.12. The Kier molecular flexibility index (Phi) is 2.68. The molecule has 3 nitrogen and oxygen atoms in total. The summed E-state index contributed by atoms with van der Waals surface area (Å²) in [6.07, 6.45) is 3.77. The highest BCUT2D eigenvalue weighted by Crippen LogP contribution is 2.18. The van der Waals surface area contributed by atoms with Gasteiger partial charge in [-0.3, -0.25) is 4.98 Å². The van der Waals surface area contributed by atoms with Crippen molar-refractivity contribution < 1.29 is 0 Å². The molecule has 1 atom stereocenters. The summed E-state index contributed by atoms with van der Waals surface area (Å²) in [7, 11) is 2.18. The second kappa shape index (κ2) is 3.96. The van der Waals surface area contributed by atoms with Crippen LogP contribution in [0.1, 0.15) is 6.92 Å². The van der Waals surface area contributed by atoms with Crippen molar-refractivity contribution in [2.75, 3.05) is 31.6 Å². The second-order valence-electron chi connectivity index (χ2n) is 4.02. The molecule has 0 aromatic carbocycles. The van der Waals surface area contributed by atoms with Crippen molar-refractivity contribution in [1.29, 1.82) is 0 Å². The lowest BCUT2D eigenvalue weighted by Gasteiger charge is -2.39. The Balaban J connectivity index is 2.12. The fourth-order valence-corrected chi connectivity index (χ4v) is 2.05. The van der Waals surface area contributed by atoms with E-state index in [0.29, 0.717) is 6.04 Å². The zero-order valence-electron chi connectivity index (χ0n) is 8.85. The van der Waals surface area contributed by atoms with Gasteiger partial charge in [-0.05, 0) is 26.1 Å². The molecule has 1 unspecified atom stereocenters. The summed E-state index contributed by atoms with van der Waals surface area (Å²) in [5.74, 6) is 0. The van der Waals surface area contributed by atoms with E-state index in [-0.39, 0.29) is 0 Å². The number of nitrogens with zero attached hydrogens (tertiary/aromatic N) is 3. The van der Waals surface area contributed by atoms with Crippen LogP contribution in [0.25, 0.3) is 0 Å². The lowest BCUT2D eigenvalue weighted by Crippen LogP contribution is -2.50. The number of anilines is 1. The summed E-state index contributed by atoms with van der Waals surface area (Å²) >= 11 is 0. The van der Waals surface area contributed by atoms with E-state index >= 15 is 0 Å². The van der Waals surface area contributed by atoms with Gasteiger partial charge in [-0.25, -0.2) is 0 Å². The van der Waals surface area contributed by atoms with Gasteiger partial charge in [-0.1, -0.05) is 0 Å². The van der Waals surface area contributed by atoms with Crippen molar-refractivity contribution in [1.82, 2.24) is 9.88 Å². The van der Waals surface area contributed by atoms with Crippen LogP contribution in [0.4, 0.5) is 5.69 Å². The van der Waals surface area contributed by atoms with Gasteiger partial charge in [0.15, 0.2) is 0 Å². The zero-order valence-corrected chi connectivity index (χ0v) is 8.85. The third-order valence-electron chi connectivity index (χ3n) is 2.81. The minimum Gasteiger partial charge on any atom is -0.365 e. The molecular weight excluding hydrogens is 174 g/mol. The standard InChI is InChI=1S/C11H17N3/c1-10-9-13(2)6-7-14(10)11-4-3-5-12-8-11/h3-5,8,10H,6-7,9H2,1-2H3. The number of pyridine rings is 1. The largest absolute Gasteiger partial charge is 0.365 e. The number of hydrogen-bond donors (Lipinski definition) is 0. The molecule has 0 amide bonds. The quantitative estimate of drug-likeness (QED) is 0.665. The number of piperazine rings is 1. The van der Waals surface area contributed by atoms with Crippen LogP contribution in [-0.2, 0) is 0 Å². The predicted octanol–water partition coefficient (Wildman–Crippen LogP) is 1.22. The third-order valence-corrected chi connectivity index (χ3v) is 2.81. The molecule has 1 saturated heterocycles. The van der Waals surface area contributed by atoms with E-state index in [0.717, 1.165) is 19.6 Å². The SMILES string of the molecule is CC1CN(C)CCN1c1cccnc1. The first-order chi connectivity index (χ1) is 6.77. The Morgan fingerprint density at radius 3 is 2.93 bits per heavy atom. The minimum atomic E-state index is 0.581. The summed E-state index contributed by atoms with van der Waals surface area (Å²) in [6, 6.07) is 4.72. The molecule has 3 heteroatoms. The van der Waals surface area contributed by atoms with E-state index in [1.54, 1.807) is 0 Å². The predicted molar refractivity (Wildman–Crippen MR) is 58.5 cm³/mol. The molecular formula is C11H17N3. The first kappa shape index (κ1) is 9.46. The summed E-state index contributed by atoms with van der Waals surface area (Å²) in [6.45, 7) is 5.64. The van der Waals surface area contributed by atoms with Gasteiger partial charge in [-0.15, -0.1) is 0 Å². The van der Waals surface area contributed by atoms with Crippen LogP contribution in [-0.4, -0.2) is 42.6 Å². The van der Waals surface area contributed by atoms with Crippen molar-refractivity contribution >= 4 is 5.69 Å². The van der Waals surface area contributed by atoms with Crippen LogP contribution in [0.15, 0.2) is 24.5 Å². The Bertz CT molecular complexity index is 286. The number of hydrogen-bond acceptors (Lipinski definition) is 3. The number of likely N-dealkylation sites (N-methyl/N-ethyl adjacent to an activating group) is 1. The molecule has 0 saturated carbocycles. The van der Waals surface area contributed by atoms with E-state index in [9.17, 15) is 0 Å². The maximum absolute atomic E-state index is 4.16. The lowest BCUT2D eigenvalue weighted by atomic mass is 10.2. The van der Waals surface area contributed by atoms with Crippen LogP contribution < -0.4 is 4.90 Å². The molecule has 0 radical (unpaired) electrons. The van der Waals surface area contributed by atoms with Gasteiger partial charge < -0.3 is 9.80 Å². The Morgan fingerprint density at radius 1 is 1.43 bits per heavy atom. The van der Waals surface area contributed by atoms with E-state index in [1.165, 1.54) is 5.69 Å². The number of rotatable bonds is 1. The van der Waals surface area contributed by atoms with E-state index < -0.39 is 0 Å². The molecule has 2 rings (SSSR count). The normalized spacial score (nSPS) is 23.9. The molecule has 1 aromatic heterocycles. The summed E-state index contributed by atoms with van der Waals surface area (Å²) in [5, 5.41) is 0. The maximum atomic E-state index is 4.16. The Labute approximate surface area is 85.4 Å². The monoisotopic (exact) mass is 191 g/mol. The molecule has 0 N–H and O–H groups in total. The zero-order chi connectivity index (χ0) is 9.97. The molecule has 0 spiro atoms. The third kappa shape index (κ3) is 1.87. The number of aromatic nitrogens is 1. The lowest BCUT2D eigenvalue weighted by molar-refractivity contribution is 0.275. The van der Waals surface area contributed by atoms with E-state index in [4.69, 9.17) is 0 Å². The summed E-state index contributed by atoms with van der Waals surface area (Å²) in [4.78, 5) is 8.95. The highest BCUT2D eigenvalue weighted by molar-refractivity contribution is 5.45. The average molecular weight is 191 g/mol. The molecule has 76 valence electrons. The molecule has 0 aliphatic carbocycles. The van der Waals surface area contributed by atoms with Gasteiger partial charge in [0, 0.05) is 31.9 Å². The Morgan fingerprint density at radius 2 is 2.29 bits per heavy atom. The smallest absolute Gasteiger partial charge is 0.0556 e. The van der Waals surface area contributed by atoms with Gasteiger partial charge in [0.25, 0.3) is 0 Å². The molecule has 1 aliphatic rings. The molecule has 1 fully saturated rings.